The summed E-state index contributed by atoms with van der Waals surface area (Å²) >= 11 is 0. The lowest BCUT2D eigenvalue weighted by molar-refractivity contribution is 0.739. The van der Waals surface area contributed by atoms with E-state index < -0.39 is 0 Å². The number of hydrogen-bond donors (Lipinski definition) is 1. The Labute approximate surface area is 83.8 Å². The largest absolute Gasteiger partial charge is 0.387 e. The average Bonchev–Trinajstić information content (AvgIpc) is 2.92. The first-order valence-corrected chi connectivity index (χ1v) is 5.04. The molecule has 1 heterocycles. The van der Waals surface area contributed by atoms with Gasteiger partial charge in [0.1, 0.15) is 0 Å². The molecule has 0 atom stereocenters. The van der Waals surface area contributed by atoms with Crippen LogP contribution in [0.25, 0.3) is 0 Å². The number of amidine groups is 1. The predicted octanol–water partition coefficient (Wildman–Crippen LogP) is 0.730. The molecule has 1 saturated carbocycles. The van der Waals surface area contributed by atoms with Crippen molar-refractivity contribution in [2.24, 2.45) is 23.7 Å². The minimum absolute atomic E-state index is 0.582. The summed E-state index contributed by atoms with van der Waals surface area (Å²) in [4.78, 5) is 4.34. The molecule has 0 amide bonds. The van der Waals surface area contributed by atoms with Crippen LogP contribution in [0.5, 0.6) is 0 Å². The highest BCUT2D eigenvalue weighted by molar-refractivity contribution is 5.84. The van der Waals surface area contributed by atoms with Crippen LogP contribution in [0.15, 0.2) is 17.3 Å². The van der Waals surface area contributed by atoms with Crippen LogP contribution in [0, 0.1) is 5.92 Å². The Bertz CT molecular complexity index is 336. The Morgan fingerprint density at radius 2 is 2.50 bits per heavy atom. The normalized spacial score (nSPS) is 17.4. The van der Waals surface area contributed by atoms with Gasteiger partial charge in [-0.15, -0.1) is 0 Å². The van der Waals surface area contributed by atoms with E-state index in [2.05, 4.69) is 10.1 Å². The SMILES string of the molecule is Cn1ccc(CCN=C(N)C2CC2)n1. The molecule has 0 aliphatic heterocycles. The molecule has 14 heavy (non-hydrogen) atoms. The third-order valence-electron chi connectivity index (χ3n) is 2.43. The summed E-state index contributed by atoms with van der Waals surface area (Å²) in [6.45, 7) is 0.763. The van der Waals surface area contributed by atoms with Gasteiger partial charge in [-0.2, -0.15) is 5.10 Å². The maximum Gasteiger partial charge on any atom is 0.0968 e. The molecule has 1 aromatic rings. The van der Waals surface area contributed by atoms with Gasteiger partial charge < -0.3 is 5.73 Å². The van der Waals surface area contributed by atoms with Gasteiger partial charge in [-0.3, -0.25) is 9.67 Å². The van der Waals surface area contributed by atoms with E-state index in [1.807, 2.05) is 24.0 Å². The van der Waals surface area contributed by atoms with Crippen molar-refractivity contribution in [1.29, 1.82) is 0 Å². The number of nitrogens with zero attached hydrogens (tertiary/aromatic N) is 3. The molecular weight excluding hydrogens is 176 g/mol. The van der Waals surface area contributed by atoms with Crippen molar-refractivity contribution in [3.8, 4) is 0 Å². The molecular formula is C10H16N4. The highest BCUT2D eigenvalue weighted by Crippen LogP contribution is 2.28. The molecule has 0 radical (unpaired) electrons. The molecule has 2 N–H and O–H groups in total. The van der Waals surface area contributed by atoms with Crippen molar-refractivity contribution >= 4 is 5.84 Å². The second-order valence-corrected chi connectivity index (χ2v) is 3.81. The molecule has 0 saturated heterocycles. The van der Waals surface area contributed by atoms with E-state index in [0.717, 1.165) is 24.5 Å². The summed E-state index contributed by atoms with van der Waals surface area (Å²) < 4.78 is 1.81. The van der Waals surface area contributed by atoms with Gasteiger partial charge in [-0.05, 0) is 18.9 Å². The quantitative estimate of drug-likeness (QED) is 0.565. The molecule has 0 unspecified atom stereocenters. The second kappa shape index (κ2) is 3.82. The molecule has 0 aromatic carbocycles. The molecule has 0 bridgehead atoms. The minimum atomic E-state index is 0.582. The van der Waals surface area contributed by atoms with Gasteiger partial charge in [0.05, 0.1) is 11.5 Å². The first kappa shape index (κ1) is 9.24. The van der Waals surface area contributed by atoms with Gasteiger partial charge in [0.25, 0.3) is 0 Å². The van der Waals surface area contributed by atoms with Crippen LogP contribution in [-0.4, -0.2) is 22.2 Å². The fraction of sp³-hybridized carbons (Fsp3) is 0.600. The van der Waals surface area contributed by atoms with Crippen molar-refractivity contribution in [1.82, 2.24) is 9.78 Å². The van der Waals surface area contributed by atoms with E-state index in [4.69, 9.17) is 5.73 Å². The first-order chi connectivity index (χ1) is 6.75. The Morgan fingerprint density at radius 1 is 1.71 bits per heavy atom. The Hall–Kier alpha value is -1.32. The maximum atomic E-state index is 5.77. The van der Waals surface area contributed by atoms with Crippen molar-refractivity contribution in [3.05, 3.63) is 18.0 Å². The zero-order chi connectivity index (χ0) is 9.97. The summed E-state index contributed by atoms with van der Waals surface area (Å²) in [6.07, 6.45) is 5.27. The van der Waals surface area contributed by atoms with Crippen LogP contribution in [-0.2, 0) is 13.5 Å². The summed E-state index contributed by atoms with van der Waals surface area (Å²) in [6, 6.07) is 2.02. The van der Waals surface area contributed by atoms with Crippen LogP contribution in [0.1, 0.15) is 18.5 Å². The summed E-state index contributed by atoms with van der Waals surface area (Å²) in [5, 5.41) is 4.27. The van der Waals surface area contributed by atoms with Gasteiger partial charge >= 0.3 is 0 Å². The van der Waals surface area contributed by atoms with Gasteiger partial charge in [0.15, 0.2) is 0 Å². The third-order valence-corrected chi connectivity index (χ3v) is 2.43. The molecule has 1 aliphatic rings. The molecule has 1 aliphatic carbocycles. The highest BCUT2D eigenvalue weighted by atomic mass is 15.2. The van der Waals surface area contributed by atoms with Gasteiger partial charge in [0, 0.05) is 32.1 Å². The van der Waals surface area contributed by atoms with Crippen LogP contribution in [0.3, 0.4) is 0 Å². The summed E-state index contributed by atoms with van der Waals surface area (Å²) in [5.74, 6) is 1.42. The van der Waals surface area contributed by atoms with E-state index >= 15 is 0 Å². The Kier molecular flexibility index (Phi) is 2.52. The number of hydrogen-bond acceptors (Lipinski definition) is 2. The van der Waals surface area contributed by atoms with Crippen molar-refractivity contribution in [2.75, 3.05) is 6.54 Å². The Morgan fingerprint density at radius 3 is 3.07 bits per heavy atom. The molecule has 4 heteroatoms. The number of aliphatic imine (C=N–C) groups is 1. The lowest BCUT2D eigenvalue weighted by Gasteiger charge is -1.96. The average molecular weight is 192 g/mol. The molecule has 0 spiro atoms. The van der Waals surface area contributed by atoms with Crippen LogP contribution in [0.4, 0.5) is 0 Å². The monoisotopic (exact) mass is 192 g/mol. The molecule has 1 fully saturated rings. The van der Waals surface area contributed by atoms with Gasteiger partial charge in [-0.25, -0.2) is 0 Å². The zero-order valence-electron chi connectivity index (χ0n) is 8.48. The zero-order valence-corrected chi connectivity index (χ0v) is 8.48. The van der Waals surface area contributed by atoms with Crippen LogP contribution >= 0.6 is 0 Å². The topological polar surface area (TPSA) is 56.2 Å². The number of nitrogens with two attached hydrogens (primary N) is 1. The minimum Gasteiger partial charge on any atom is -0.387 e. The van der Waals surface area contributed by atoms with Crippen molar-refractivity contribution in [3.63, 3.8) is 0 Å². The van der Waals surface area contributed by atoms with E-state index in [1.165, 1.54) is 12.8 Å². The number of aryl methyl sites for hydroxylation is 1. The fourth-order valence-electron chi connectivity index (χ4n) is 1.40. The summed E-state index contributed by atoms with van der Waals surface area (Å²) in [7, 11) is 1.92. The Balaban J connectivity index is 1.79. The van der Waals surface area contributed by atoms with E-state index in [9.17, 15) is 0 Å². The van der Waals surface area contributed by atoms with Crippen LogP contribution in [0.2, 0.25) is 0 Å². The van der Waals surface area contributed by atoms with Crippen LogP contribution < -0.4 is 5.73 Å². The van der Waals surface area contributed by atoms with Gasteiger partial charge in [-0.1, -0.05) is 0 Å². The van der Waals surface area contributed by atoms with E-state index in [0.29, 0.717) is 5.92 Å². The summed E-state index contributed by atoms with van der Waals surface area (Å²) in [5.41, 5.74) is 6.86. The lowest BCUT2D eigenvalue weighted by atomic mass is 10.3. The predicted molar refractivity (Wildman–Crippen MR) is 56.1 cm³/mol. The van der Waals surface area contributed by atoms with Crippen molar-refractivity contribution in [2.45, 2.75) is 19.3 Å². The first-order valence-electron chi connectivity index (χ1n) is 5.04. The smallest absolute Gasteiger partial charge is 0.0968 e. The van der Waals surface area contributed by atoms with E-state index in [-0.39, 0.29) is 0 Å². The number of aromatic nitrogens is 2. The maximum absolute atomic E-state index is 5.77. The third kappa shape index (κ3) is 2.34. The lowest BCUT2D eigenvalue weighted by Crippen LogP contribution is -2.14. The van der Waals surface area contributed by atoms with Gasteiger partial charge in [0.2, 0.25) is 0 Å². The fourth-order valence-corrected chi connectivity index (χ4v) is 1.40. The van der Waals surface area contributed by atoms with Crippen molar-refractivity contribution < 1.29 is 0 Å². The second-order valence-electron chi connectivity index (χ2n) is 3.81. The van der Waals surface area contributed by atoms with E-state index in [1.54, 1.807) is 0 Å². The standard InChI is InChI=1S/C10H16N4/c1-14-7-5-9(13-14)4-6-12-10(11)8-2-3-8/h5,7-8H,2-4,6H2,1H3,(H2,11,12). The molecule has 2 rings (SSSR count). The molecule has 76 valence electrons. The highest BCUT2D eigenvalue weighted by Gasteiger charge is 2.24. The molecule has 4 nitrogen and oxygen atoms in total. The number of rotatable bonds is 4. The molecule has 1 aromatic heterocycles.